The van der Waals surface area contributed by atoms with E-state index in [1.807, 2.05) is 29.5 Å². The highest BCUT2D eigenvalue weighted by Crippen LogP contribution is 2.21. The number of amides is 1. The molecule has 0 radical (unpaired) electrons. The lowest BCUT2D eigenvalue weighted by molar-refractivity contribution is -0.384. The standard InChI is InChI=1S/C12H14IN3O3.ClH/c1-8-7-15(5-4-14-8)12(17)10-3-2-9(16(18)19)6-11(10)13;/h2-3,6,8,14H,4-5,7H2,1H3;1H. The van der Waals surface area contributed by atoms with E-state index in [0.29, 0.717) is 22.2 Å². The number of hydrogen-bond donors (Lipinski definition) is 1. The van der Waals surface area contributed by atoms with Gasteiger partial charge in [0.1, 0.15) is 0 Å². The van der Waals surface area contributed by atoms with E-state index < -0.39 is 4.92 Å². The number of halogens is 2. The summed E-state index contributed by atoms with van der Waals surface area (Å²) in [5.41, 5.74) is 0.537. The van der Waals surface area contributed by atoms with Gasteiger partial charge in [0.05, 0.1) is 10.5 Å². The topological polar surface area (TPSA) is 75.5 Å². The van der Waals surface area contributed by atoms with Crippen molar-refractivity contribution >= 4 is 46.6 Å². The Balaban J connectivity index is 0.00000200. The summed E-state index contributed by atoms with van der Waals surface area (Å²) in [6.07, 6.45) is 0. The van der Waals surface area contributed by atoms with E-state index in [1.54, 1.807) is 4.90 Å². The Labute approximate surface area is 136 Å². The van der Waals surface area contributed by atoms with Crippen LogP contribution in [0, 0.1) is 13.7 Å². The third-order valence-corrected chi connectivity index (χ3v) is 3.94. The molecule has 0 aromatic heterocycles. The van der Waals surface area contributed by atoms with Gasteiger partial charge in [-0.05, 0) is 35.6 Å². The summed E-state index contributed by atoms with van der Waals surface area (Å²) in [4.78, 5) is 24.4. The molecule has 1 fully saturated rings. The summed E-state index contributed by atoms with van der Waals surface area (Å²) >= 11 is 1.97. The third kappa shape index (κ3) is 3.80. The van der Waals surface area contributed by atoms with Crippen LogP contribution in [0.25, 0.3) is 0 Å². The van der Waals surface area contributed by atoms with Gasteiger partial charge in [-0.3, -0.25) is 14.9 Å². The highest BCUT2D eigenvalue weighted by atomic mass is 127. The SMILES string of the molecule is CC1CN(C(=O)c2ccc([N+](=O)[O-])cc2I)CCN1.Cl. The summed E-state index contributed by atoms with van der Waals surface area (Å²) in [6, 6.07) is 4.61. The van der Waals surface area contributed by atoms with Crippen molar-refractivity contribution in [1.29, 1.82) is 0 Å². The molecule has 0 aliphatic carbocycles. The second kappa shape index (κ2) is 7.19. The average Bonchev–Trinajstić information content (AvgIpc) is 2.37. The highest BCUT2D eigenvalue weighted by Gasteiger charge is 2.23. The first-order valence-corrected chi connectivity index (χ1v) is 7.03. The van der Waals surface area contributed by atoms with Crippen molar-refractivity contribution in [2.24, 2.45) is 0 Å². The number of carbonyl (C=O) groups excluding carboxylic acids is 1. The number of nitro groups is 1. The minimum absolute atomic E-state index is 0. The lowest BCUT2D eigenvalue weighted by atomic mass is 10.1. The molecule has 2 rings (SSSR count). The molecule has 1 atom stereocenters. The zero-order valence-electron chi connectivity index (χ0n) is 10.8. The number of nitro benzene ring substituents is 1. The van der Waals surface area contributed by atoms with Crippen LogP contribution in [0.3, 0.4) is 0 Å². The maximum Gasteiger partial charge on any atom is 0.270 e. The first kappa shape index (κ1) is 17.1. The van der Waals surface area contributed by atoms with Gasteiger partial charge in [0, 0.05) is 41.4 Å². The molecule has 1 aromatic carbocycles. The van der Waals surface area contributed by atoms with Crippen LogP contribution in [0.1, 0.15) is 17.3 Å². The minimum Gasteiger partial charge on any atom is -0.336 e. The highest BCUT2D eigenvalue weighted by molar-refractivity contribution is 14.1. The van der Waals surface area contributed by atoms with Crippen LogP contribution in [-0.2, 0) is 0 Å². The predicted octanol–water partition coefficient (Wildman–Crippen LogP) is 2.06. The quantitative estimate of drug-likeness (QED) is 0.459. The lowest BCUT2D eigenvalue weighted by Crippen LogP contribution is -2.51. The summed E-state index contributed by atoms with van der Waals surface area (Å²) in [5.74, 6) is -0.0624. The third-order valence-electron chi connectivity index (χ3n) is 3.05. The molecule has 1 aliphatic heterocycles. The summed E-state index contributed by atoms with van der Waals surface area (Å²) in [6.45, 7) is 4.12. The molecule has 110 valence electrons. The van der Waals surface area contributed by atoms with Gasteiger partial charge in [0.25, 0.3) is 11.6 Å². The van der Waals surface area contributed by atoms with Gasteiger partial charge in [-0.2, -0.15) is 0 Å². The Morgan fingerprint density at radius 1 is 1.55 bits per heavy atom. The smallest absolute Gasteiger partial charge is 0.270 e. The fourth-order valence-electron chi connectivity index (χ4n) is 2.08. The molecule has 8 heteroatoms. The van der Waals surface area contributed by atoms with Crippen LogP contribution in [0.15, 0.2) is 18.2 Å². The zero-order valence-corrected chi connectivity index (χ0v) is 13.8. The van der Waals surface area contributed by atoms with Crippen molar-refractivity contribution in [3.05, 3.63) is 37.4 Å². The van der Waals surface area contributed by atoms with Gasteiger partial charge in [-0.25, -0.2) is 0 Å². The number of nitrogens with one attached hydrogen (secondary N) is 1. The molecule has 1 unspecified atom stereocenters. The largest absolute Gasteiger partial charge is 0.336 e. The van der Waals surface area contributed by atoms with E-state index in [4.69, 9.17) is 0 Å². The molecular formula is C12H15ClIN3O3. The summed E-state index contributed by atoms with van der Waals surface area (Å²) < 4.78 is 0.614. The van der Waals surface area contributed by atoms with Crippen molar-refractivity contribution < 1.29 is 9.72 Å². The first-order chi connectivity index (χ1) is 8.99. The van der Waals surface area contributed by atoms with E-state index in [1.165, 1.54) is 18.2 Å². The molecule has 1 heterocycles. The van der Waals surface area contributed by atoms with Crippen molar-refractivity contribution in [3.63, 3.8) is 0 Å². The van der Waals surface area contributed by atoms with Crippen LogP contribution < -0.4 is 5.32 Å². The molecule has 20 heavy (non-hydrogen) atoms. The fraction of sp³-hybridized carbons (Fsp3) is 0.417. The molecule has 1 aromatic rings. The summed E-state index contributed by atoms with van der Waals surface area (Å²) in [5, 5.41) is 13.9. The van der Waals surface area contributed by atoms with Crippen LogP contribution >= 0.6 is 35.0 Å². The number of rotatable bonds is 2. The van der Waals surface area contributed by atoms with Crippen molar-refractivity contribution in [3.8, 4) is 0 Å². The number of nitrogens with zero attached hydrogens (tertiary/aromatic N) is 2. The normalized spacial score (nSPS) is 18.3. The van der Waals surface area contributed by atoms with Gasteiger partial charge in [-0.15, -0.1) is 12.4 Å². The molecular weight excluding hydrogens is 397 g/mol. The molecule has 6 nitrogen and oxygen atoms in total. The van der Waals surface area contributed by atoms with Gasteiger partial charge >= 0.3 is 0 Å². The monoisotopic (exact) mass is 411 g/mol. The van der Waals surface area contributed by atoms with Crippen LogP contribution in [-0.4, -0.2) is 41.4 Å². The summed E-state index contributed by atoms with van der Waals surface area (Å²) in [7, 11) is 0. The van der Waals surface area contributed by atoms with Crippen molar-refractivity contribution in [2.45, 2.75) is 13.0 Å². The Hall–Kier alpha value is -0.930. The van der Waals surface area contributed by atoms with Crippen molar-refractivity contribution in [1.82, 2.24) is 10.2 Å². The van der Waals surface area contributed by atoms with Gasteiger partial charge < -0.3 is 10.2 Å². The van der Waals surface area contributed by atoms with Crippen LogP contribution in [0.4, 0.5) is 5.69 Å². The molecule has 1 aliphatic rings. The Kier molecular flexibility index (Phi) is 6.15. The molecule has 0 saturated carbocycles. The lowest BCUT2D eigenvalue weighted by Gasteiger charge is -2.32. The second-order valence-electron chi connectivity index (χ2n) is 4.53. The van der Waals surface area contributed by atoms with Gasteiger partial charge in [0.15, 0.2) is 0 Å². The molecule has 1 amide bonds. The fourth-order valence-corrected chi connectivity index (χ4v) is 2.81. The second-order valence-corrected chi connectivity index (χ2v) is 5.69. The maximum absolute atomic E-state index is 12.4. The van der Waals surface area contributed by atoms with E-state index in [2.05, 4.69) is 5.32 Å². The van der Waals surface area contributed by atoms with Crippen LogP contribution in [0.2, 0.25) is 0 Å². The first-order valence-electron chi connectivity index (χ1n) is 5.95. The van der Waals surface area contributed by atoms with E-state index in [9.17, 15) is 14.9 Å². The Bertz CT molecular complexity index is 527. The molecule has 0 bridgehead atoms. The predicted molar refractivity (Wildman–Crippen MR) is 86.4 cm³/mol. The number of non-ortho nitro benzene ring substituents is 1. The average molecular weight is 412 g/mol. The maximum atomic E-state index is 12.4. The van der Waals surface area contributed by atoms with Gasteiger partial charge in [0.2, 0.25) is 0 Å². The van der Waals surface area contributed by atoms with E-state index >= 15 is 0 Å². The van der Waals surface area contributed by atoms with Crippen molar-refractivity contribution in [2.75, 3.05) is 19.6 Å². The molecule has 1 N–H and O–H groups in total. The van der Waals surface area contributed by atoms with Crippen LogP contribution in [0.5, 0.6) is 0 Å². The minimum atomic E-state index is -0.455. The zero-order chi connectivity index (χ0) is 14.0. The number of carbonyl (C=O) groups is 1. The molecule has 0 spiro atoms. The van der Waals surface area contributed by atoms with E-state index in [-0.39, 0.29) is 30.0 Å². The molecule has 1 saturated heterocycles. The Morgan fingerprint density at radius 3 is 2.80 bits per heavy atom. The number of benzene rings is 1. The number of piperazine rings is 1. The van der Waals surface area contributed by atoms with E-state index in [0.717, 1.165) is 6.54 Å². The Morgan fingerprint density at radius 2 is 2.25 bits per heavy atom. The van der Waals surface area contributed by atoms with Gasteiger partial charge in [-0.1, -0.05) is 0 Å². The number of hydrogen-bond acceptors (Lipinski definition) is 4.